The maximum Gasteiger partial charge on any atom is 0.280 e. The predicted molar refractivity (Wildman–Crippen MR) is 121 cm³/mol. The van der Waals surface area contributed by atoms with E-state index in [1.807, 2.05) is 34.5 Å². The van der Waals surface area contributed by atoms with Gasteiger partial charge in [0, 0.05) is 38.3 Å². The van der Waals surface area contributed by atoms with Gasteiger partial charge in [-0.15, -0.1) is 21.5 Å². The number of nitro benzene ring substituents is 2. The lowest BCUT2D eigenvalue weighted by Crippen LogP contribution is -2.49. The van der Waals surface area contributed by atoms with Crippen molar-refractivity contribution in [1.29, 1.82) is 0 Å². The summed E-state index contributed by atoms with van der Waals surface area (Å²) in [6.07, 6.45) is 0. The number of rotatable bonds is 6. The van der Waals surface area contributed by atoms with Crippen molar-refractivity contribution >= 4 is 38.6 Å². The summed E-state index contributed by atoms with van der Waals surface area (Å²) in [4.78, 5) is 23.4. The Morgan fingerprint density at radius 1 is 0.970 bits per heavy atom. The second kappa shape index (κ2) is 8.80. The molecule has 4 rings (SSSR count). The van der Waals surface area contributed by atoms with E-state index in [1.54, 1.807) is 11.3 Å². The zero-order valence-electron chi connectivity index (χ0n) is 17.3. The molecule has 1 aliphatic rings. The minimum atomic E-state index is -4.17. The molecule has 0 amide bonds. The van der Waals surface area contributed by atoms with Crippen LogP contribution in [0.15, 0.2) is 46.7 Å². The average Bonchev–Trinajstić information content (AvgIpc) is 3.34. The van der Waals surface area contributed by atoms with Crippen LogP contribution in [-0.4, -0.2) is 58.9 Å². The SMILES string of the molecule is Cc1c([N+](=O)[O-])cc(S(=O)(=O)N2CCN(c3ccc(-c4cccs4)nn3)CC2)cc1[N+](=O)[O-]. The van der Waals surface area contributed by atoms with Gasteiger partial charge in [-0.05, 0) is 30.5 Å². The molecule has 0 saturated carbocycles. The first-order valence-electron chi connectivity index (χ1n) is 9.74. The zero-order chi connectivity index (χ0) is 23.8. The first kappa shape index (κ1) is 22.7. The van der Waals surface area contributed by atoms with Crippen molar-refractivity contribution < 1.29 is 18.3 Å². The second-order valence-electron chi connectivity index (χ2n) is 7.25. The van der Waals surface area contributed by atoms with E-state index in [9.17, 15) is 28.6 Å². The number of nitrogens with zero attached hydrogens (tertiary/aromatic N) is 6. The summed E-state index contributed by atoms with van der Waals surface area (Å²) in [7, 11) is -4.17. The molecule has 14 heteroatoms. The smallest absolute Gasteiger partial charge is 0.280 e. The summed E-state index contributed by atoms with van der Waals surface area (Å²) < 4.78 is 27.4. The molecule has 0 unspecified atom stereocenters. The van der Waals surface area contributed by atoms with E-state index in [1.165, 1.54) is 6.92 Å². The van der Waals surface area contributed by atoms with E-state index in [2.05, 4.69) is 10.2 Å². The molecule has 33 heavy (non-hydrogen) atoms. The Morgan fingerprint density at radius 2 is 1.61 bits per heavy atom. The summed E-state index contributed by atoms with van der Waals surface area (Å²) in [5, 5.41) is 33.0. The van der Waals surface area contributed by atoms with Crippen LogP contribution in [0.2, 0.25) is 0 Å². The van der Waals surface area contributed by atoms with Crippen LogP contribution in [0.4, 0.5) is 17.2 Å². The number of nitro groups is 2. The lowest BCUT2D eigenvalue weighted by molar-refractivity contribution is -0.395. The molecule has 12 nitrogen and oxygen atoms in total. The molecule has 3 heterocycles. The predicted octanol–water partition coefficient (Wildman–Crippen LogP) is 2.84. The van der Waals surface area contributed by atoms with Gasteiger partial charge in [0.15, 0.2) is 5.82 Å². The van der Waals surface area contributed by atoms with Gasteiger partial charge in [-0.3, -0.25) is 20.2 Å². The van der Waals surface area contributed by atoms with Crippen molar-refractivity contribution in [1.82, 2.24) is 14.5 Å². The van der Waals surface area contributed by atoms with Crippen molar-refractivity contribution in [3.63, 3.8) is 0 Å². The van der Waals surface area contributed by atoms with Gasteiger partial charge in [-0.1, -0.05) is 6.07 Å². The fourth-order valence-corrected chi connectivity index (χ4v) is 5.70. The molecular formula is C19H18N6O6S2. The third-order valence-electron chi connectivity index (χ3n) is 5.34. The molecule has 172 valence electrons. The number of benzene rings is 1. The molecule has 1 fully saturated rings. The molecule has 3 aromatic rings. The number of sulfonamides is 1. The van der Waals surface area contributed by atoms with Crippen LogP contribution >= 0.6 is 11.3 Å². The zero-order valence-corrected chi connectivity index (χ0v) is 19.0. The first-order valence-corrected chi connectivity index (χ1v) is 12.1. The van der Waals surface area contributed by atoms with E-state index < -0.39 is 36.1 Å². The highest BCUT2D eigenvalue weighted by Crippen LogP contribution is 2.33. The van der Waals surface area contributed by atoms with Crippen LogP contribution in [0.3, 0.4) is 0 Å². The van der Waals surface area contributed by atoms with E-state index in [0.717, 1.165) is 27.0 Å². The van der Waals surface area contributed by atoms with Crippen molar-refractivity contribution in [2.45, 2.75) is 11.8 Å². The monoisotopic (exact) mass is 490 g/mol. The summed E-state index contributed by atoms with van der Waals surface area (Å²) in [6, 6.07) is 9.28. The third kappa shape index (κ3) is 4.40. The number of piperazine rings is 1. The third-order valence-corrected chi connectivity index (χ3v) is 8.11. The minimum absolute atomic E-state index is 0.0894. The standard InChI is InChI=1S/C19H18N6O6S2/c1-13-16(24(26)27)11-14(12-17(13)25(28)29)33(30,31)23-8-6-22(7-9-23)19-5-4-15(20-21-19)18-3-2-10-32-18/h2-5,10-12H,6-9H2,1H3. The Morgan fingerprint density at radius 3 is 2.09 bits per heavy atom. The Bertz CT molecular complexity index is 1270. The Kier molecular flexibility index (Phi) is 6.05. The van der Waals surface area contributed by atoms with E-state index in [4.69, 9.17) is 0 Å². The maximum absolute atomic E-state index is 13.1. The van der Waals surface area contributed by atoms with Gasteiger partial charge >= 0.3 is 0 Å². The number of hydrogen-bond acceptors (Lipinski definition) is 10. The van der Waals surface area contributed by atoms with Crippen molar-refractivity contribution in [2.75, 3.05) is 31.1 Å². The molecule has 0 N–H and O–H groups in total. The molecular weight excluding hydrogens is 472 g/mol. The summed E-state index contributed by atoms with van der Waals surface area (Å²) in [5.41, 5.74) is -0.666. The quantitative estimate of drug-likeness (QED) is 0.375. The number of thiophene rings is 1. The molecule has 1 aliphatic heterocycles. The van der Waals surface area contributed by atoms with Crippen LogP contribution in [0.25, 0.3) is 10.6 Å². The van der Waals surface area contributed by atoms with Gasteiger partial charge < -0.3 is 4.90 Å². The molecule has 0 radical (unpaired) electrons. The van der Waals surface area contributed by atoms with Crippen molar-refractivity contribution in [2.24, 2.45) is 0 Å². The number of hydrogen-bond donors (Lipinski definition) is 0. The summed E-state index contributed by atoms with van der Waals surface area (Å²) in [6.45, 7) is 2.04. The Hall–Kier alpha value is -3.49. The van der Waals surface area contributed by atoms with Gasteiger partial charge in [0.05, 0.1) is 19.6 Å². The summed E-state index contributed by atoms with van der Waals surface area (Å²) >= 11 is 1.55. The molecule has 0 spiro atoms. The average molecular weight is 491 g/mol. The normalized spacial score (nSPS) is 14.9. The highest BCUT2D eigenvalue weighted by atomic mass is 32.2. The van der Waals surface area contributed by atoms with Crippen LogP contribution in [-0.2, 0) is 10.0 Å². The number of aromatic nitrogens is 2. The van der Waals surface area contributed by atoms with Gasteiger partial charge in [0.1, 0.15) is 11.3 Å². The van der Waals surface area contributed by atoms with E-state index in [0.29, 0.717) is 18.9 Å². The van der Waals surface area contributed by atoms with Crippen molar-refractivity contribution in [3.8, 4) is 10.6 Å². The summed E-state index contributed by atoms with van der Waals surface area (Å²) in [5.74, 6) is 0.606. The highest BCUT2D eigenvalue weighted by molar-refractivity contribution is 7.89. The number of anilines is 1. The van der Waals surface area contributed by atoms with Gasteiger partial charge in [0.25, 0.3) is 11.4 Å². The van der Waals surface area contributed by atoms with E-state index >= 15 is 0 Å². The van der Waals surface area contributed by atoms with Gasteiger partial charge in [-0.2, -0.15) is 4.31 Å². The molecule has 2 aromatic heterocycles. The van der Waals surface area contributed by atoms with Crippen LogP contribution in [0, 0.1) is 27.2 Å². The van der Waals surface area contributed by atoms with Gasteiger partial charge in [-0.25, -0.2) is 8.42 Å². The Labute approximate surface area is 192 Å². The fourth-order valence-electron chi connectivity index (χ4n) is 3.54. The minimum Gasteiger partial charge on any atom is -0.352 e. The maximum atomic E-state index is 13.1. The lowest BCUT2D eigenvalue weighted by atomic mass is 10.1. The second-order valence-corrected chi connectivity index (χ2v) is 10.1. The lowest BCUT2D eigenvalue weighted by Gasteiger charge is -2.34. The largest absolute Gasteiger partial charge is 0.352 e. The van der Waals surface area contributed by atoms with E-state index in [-0.39, 0.29) is 18.7 Å². The molecule has 1 saturated heterocycles. The van der Waals surface area contributed by atoms with Crippen molar-refractivity contribution in [3.05, 3.63) is 67.6 Å². The molecule has 1 aromatic carbocycles. The highest BCUT2D eigenvalue weighted by Gasteiger charge is 2.33. The molecule has 0 atom stereocenters. The van der Waals surface area contributed by atoms with Crippen LogP contribution in [0.5, 0.6) is 0 Å². The van der Waals surface area contributed by atoms with Gasteiger partial charge in [0.2, 0.25) is 10.0 Å². The molecule has 0 aliphatic carbocycles. The van der Waals surface area contributed by atoms with Crippen LogP contribution < -0.4 is 4.90 Å². The topological polar surface area (TPSA) is 153 Å². The van der Waals surface area contributed by atoms with Crippen LogP contribution in [0.1, 0.15) is 5.56 Å². The fraction of sp³-hybridized carbons (Fsp3) is 0.263. The molecule has 0 bridgehead atoms. The first-order chi connectivity index (χ1) is 15.7. The Balaban J connectivity index is 1.52.